The molecule has 9 heteroatoms. The number of methoxy groups -OCH3 is 1. The second kappa shape index (κ2) is 10.4. The molecule has 1 aromatic heterocycles. The van der Waals surface area contributed by atoms with Gasteiger partial charge in [0.05, 0.1) is 7.11 Å². The minimum Gasteiger partial charge on any atom is -0.493 e. The molecule has 0 aliphatic carbocycles. The first-order chi connectivity index (χ1) is 16.4. The van der Waals surface area contributed by atoms with E-state index in [1.807, 2.05) is 0 Å². The van der Waals surface area contributed by atoms with Crippen molar-refractivity contribution in [1.29, 1.82) is 0 Å². The van der Waals surface area contributed by atoms with E-state index >= 15 is 0 Å². The Labute approximate surface area is 197 Å². The molecule has 0 aliphatic rings. The van der Waals surface area contributed by atoms with Crippen LogP contribution >= 0.6 is 11.3 Å². The van der Waals surface area contributed by atoms with Gasteiger partial charge in [0.25, 0.3) is 5.91 Å². The minimum atomic E-state index is -0.567. The molecule has 1 N–H and O–H groups in total. The number of thiazole rings is 1. The van der Waals surface area contributed by atoms with E-state index in [9.17, 15) is 18.0 Å². The van der Waals surface area contributed by atoms with Crippen LogP contribution in [0.2, 0.25) is 0 Å². The van der Waals surface area contributed by atoms with Gasteiger partial charge >= 0.3 is 0 Å². The third-order valence-electron chi connectivity index (χ3n) is 4.88. The first-order valence-corrected chi connectivity index (χ1v) is 11.0. The molecule has 0 spiro atoms. The second-order valence-electron chi connectivity index (χ2n) is 7.24. The van der Waals surface area contributed by atoms with E-state index in [2.05, 4.69) is 10.3 Å². The maximum absolute atomic E-state index is 13.8. The van der Waals surface area contributed by atoms with E-state index in [0.29, 0.717) is 27.6 Å². The average molecular weight is 484 g/mol. The summed E-state index contributed by atoms with van der Waals surface area (Å²) in [4.78, 5) is 16.8. The Morgan fingerprint density at radius 2 is 1.82 bits per heavy atom. The fourth-order valence-corrected chi connectivity index (χ4v) is 3.96. The molecule has 0 radical (unpaired) electrons. The topological polar surface area (TPSA) is 60.5 Å². The molecule has 0 atom stereocenters. The summed E-state index contributed by atoms with van der Waals surface area (Å²) >= 11 is 1.27. The van der Waals surface area contributed by atoms with Gasteiger partial charge in [-0.3, -0.25) is 4.79 Å². The Balaban J connectivity index is 1.44. The summed E-state index contributed by atoms with van der Waals surface area (Å²) in [6.45, 7) is 0.00139. The Morgan fingerprint density at radius 3 is 2.62 bits per heavy atom. The summed E-state index contributed by atoms with van der Waals surface area (Å²) in [7, 11) is 1.46. The van der Waals surface area contributed by atoms with Gasteiger partial charge in [0.2, 0.25) is 0 Å². The van der Waals surface area contributed by atoms with E-state index in [1.165, 1.54) is 30.6 Å². The van der Waals surface area contributed by atoms with Crippen molar-refractivity contribution in [3.05, 3.63) is 100 Å². The summed E-state index contributed by atoms with van der Waals surface area (Å²) in [5.74, 6) is -1.15. The molecule has 0 aliphatic heterocycles. The number of halogens is 3. The van der Waals surface area contributed by atoms with Gasteiger partial charge in [-0.1, -0.05) is 12.1 Å². The highest BCUT2D eigenvalue weighted by molar-refractivity contribution is 7.13. The number of carbonyl (C=O) groups excluding carboxylic acids is 1. The summed E-state index contributed by atoms with van der Waals surface area (Å²) < 4.78 is 51.5. The quantitative estimate of drug-likeness (QED) is 0.346. The van der Waals surface area contributed by atoms with Crippen molar-refractivity contribution in [2.24, 2.45) is 0 Å². The number of carbonyl (C=O) groups is 1. The van der Waals surface area contributed by atoms with Crippen LogP contribution < -0.4 is 14.8 Å². The van der Waals surface area contributed by atoms with Gasteiger partial charge in [-0.25, -0.2) is 18.2 Å². The number of rotatable bonds is 8. The van der Waals surface area contributed by atoms with Crippen LogP contribution in [0.1, 0.15) is 21.6 Å². The van der Waals surface area contributed by atoms with Crippen LogP contribution in [-0.4, -0.2) is 18.0 Å². The zero-order valence-corrected chi connectivity index (χ0v) is 18.8. The molecule has 174 valence electrons. The monoisotopic (exact) mass is 484 g/mol. The predicted octanol–water partition coefficient (Wildman–Crippen LogP) is 5.75. The maximum atomic E-state index is 13.8. The fraction of sp³-hybridized carbons (Fsp3) is 0.120. The first-order valence-electron chi connectivity index (χ1n) is 10.2. The molecule has 0 saturated heterocycles. The van der Waals surface area contributed by atoms with E-state index in [1.54, 1.807) is 35.7 Å². The summed E-state index contributed by atoms with van der Waals surface area (Å²) in [6.07, 6.45) is 0. The molecule has 0 bridgehead atoms. The van der Waals surface area contributed by atoms with Crippen molar-refractivity contribution < 1.29 is 27.4 Å². The molecule has 1 amide bonds. The smallest absolute Gasteiger partial charge is 0.271 e. The number of ether oxygens (including phenoxy) is 2. The maximum Gasteiger partial charge on any atom is 0.271 e. The lowest BCUT2D eigenvalue weighted by atomic mass is 10.2. The van der Waals surface area contributed by atoms with Crippen LogP contribution in [0.15, 0.2) is 66.0 Å². The summed E-state index contributed by atoms with van der Waals surface area (Å²) in [6, 6.07) is 14.2. The van der Waals surface area contributed by atoms with Crippen LogP contribution in [-0.2, 0) is 13.2 Å². The molecule has 4 rings (SSSR count). The highest BCUT2D eigenvalue weighted by Gasteiger charge is 2.15. The zero-order valence-electron chi connectivity index (χ0n) is 18.0. The van der Waals surface area contributed by atoms with Gasteiger partial charge in [-0.15, -0.1) is 11.3 Å². The average Bonchev–Trinajstić information content (AvgIpc) is 3.33. The van der Waals surface area contributed by atoms with Crippen molar-refractivity contribution in [3.63, 3.8) is 0 Å². The number of nitrogens with zero attached hydrogens (tertiary/aromatic N) is 1. The third kappa shape index (κ3) is 5.55. The molecule has 3 aromatic carbocycles. The van der Waals surface area contributed by atoms with E-state index < -0.39 is 11.6 Å². The van der Waals surface area contributed by atoms with Crippen LogP contribution in [0, 0.1) is 17.5 Å². The SMILES string of the molecule is COc1cc(-c2nc(C(=O)NCc3cccc(F)c3)cs2)ccc1OCc1cc(F)ccc1F. The molecule has 5 nitrogen and oxygen atoms in total. The van der Waals surface area contributed by atoms with Gasteiger partial charge in [-0.05, 0) is 54.1 Å². The number of hydrogen-bond donors (Lipinski definition) is 1. The molecule has 0 unspecified atom stereocenters. The number of nitrogens with one attached hydrogen (secondary N) is 1. The Kier molecular flexibility index (Phi) is 7.12. The highest BCUT2D eigenvalue weighted by Crippen LogP contribution is 2.34. The summed E-state index contributed by atoms with van der Waals surface area (Å²) in [5, 5.41) is 4.92. The standard InChI is InChI=1S/C25H19F3N2O3S/c1-32-23-11-16(5-8-22(23)33-13-17-10-19(27)6-7-20(17)28)25-30-21(14-34-25)24(31)29-12-15-3-2-4-18(26)9-15/h2-11,14H,12-13H2,1H3,(H,29,31). The fourth-order valence-electron chi connectivity index (χ4n) is 3.16. The van der Waals surface area contributed by atoms with Gasteiger partial charge in [0.1, 0.15) is 34.8 Å². The van der Waals surface area contributed by atoms with Crippen molar-refractivity contribution >= 4 is 17.2 Å². The van der Waals surface area contributed by atoms with E-state index in [4.69, 9.17) is 9.47 Å². The normalized spacial score (nSPS) is 10.7. The first kappa shape index (κ1) is 23.3. The van der Waals surface area contributed by atoms with Gasteiger partial charge in [0, 0.05) is 23.1 Å². The second-order valence-corrected chi connectivity index (χ2v) is 8.10. The van der Waals surface area contributed by atoms with Gasteiger partial charge < -0.3 is 14.8 Å². The predicted molar refractivity (Wildman–Crippen MR) is 122 cm³/mol. The summed E-state index contributed by atoms with van der Waals surface area (Å²) in [5.41, 5.74) is 1.65. The number of benzene rings is 3. The van der Waals surface area contributed by atoms with E-state index in [-0.39, 0.29) is 36.1 Å². The molecule has 34 heavy (non-hydrogen) atoms. The van der Waals surface area contributed by atoms with Crippen LogP contribution in [0.5, 0.6) is 11.5 Å². The lowest BCUT2D eigenvalue weighted by Crippen LogP contribution is -2.23. The molecular formula is C25H19F3N2O3S. The van der Waals surface area contributed by atoms with Crippen molar-refractivity contribution in [1.82, 2.24) is 10.3 Å². The third-order valence-corrected chi connectivity index (χ3v) is 5.77. The number of aromatic nitrogens is 1. The zero-order chi connectivity index (χ0) is 24.1. The Bertz CT molecular complexity index is 1330. The molecule has 4 aromatic rings. The van der Waals surface area contributed by atoms with Crippen molar-refractivity contribution in [3.8, 4) is 22.1 Å². The lowest BCUT2D eigenvalue weighted by molar-refractivity contribution is 0.0946. The van der Waals surface area contributed by atoms with Crippen LogP contribution in [0.25, 0.3) is 10.6 Å². The molecule has 1 heterocycles. The van der Waals surface area contributed by atoms with Gasteiger partial charge in [-0.2, -0.15) is 0 Å². The van der Waals surface area contributed by atoms with Crippen molar-refractivity contribution in [2.75, 3.05) is 7.11 Å². The molecule has 0 fully saturated rings. The molecular weight excluding hydrogens is 465 g/mol. The molecule has 0 saturated carbocycles. The van der Waals surface area contributed by atoms with Crippen LogP contribution in [0.3, 0.4) is 0 Å². The largest absolute Gasteiger partial charge is 0.493 e. The number of hydrogen-bond acceptors (Lipinski definition) is 5. The van der Waals surface area contributed by atoms with Crippen LogP contribution in [0.4, 0.5) is 13.2 Å². The lowest BCUT2D eigenvalue weighted by Gasteiger charge is -2.12. The number of amides is 1. The van der Waals surface area contributed by atoms with Crippen molar-refractivity contribution in [2.45, 2.75) is 13.2 Å². The Hall–Kier alpha value is -3.85. The van der Waals surface area contributed by atoms with Gasteiger partial charge in [0.15, 0.2) is 11.5 Å². The highest BCUT2D eigenvalue weighted by atomic mass is 32.1. The van der Waals surface area contributed by atoms with E-state index in [0.717, 1.165) is 18.2 Å². The minimum absolute atomic E-state index is 0.0833. The Morgan fingerprint density at radius 1 is 1.00 bits per heavy atom.